The van der Waals surface area contributed by atoms with Gasteiger partial charge in [-0.25, -0.2) is 4.39 Å². The summed E-state index contributed by atoms with van der Waals surface area (Å²) in [5, 5.41) is 7.87. The Balaban J connectivity index is 1.91. The molecule has 2 heterocycles. The highest BCUT2D eigenvalue weighted by Gasteiger charge is 2.39. The van der Waals surface area contributed by atoms with E-state index >= 15 is 0 Å². The molecule has 2 aromatic rings. The first-order chi connectivity index (χ1) is 9.63. The zero-order valence-electron chi connectivity index (χ0n) is 12.0. The van der Waals surface area contributed by atoms with E-state index in [0.29, 0.717) is 0 Å². The van der Waals surface area contributed by atoms with Crippen molar-refractivity contribution in [2.24, 2.45) is 0 Å². The van der Waals surface area contributed by atoms with Crippen LogP contribution in [0.1, 0.15) is 23.9 Å². The third kappa shape index (κ3) is 2.24. The molecular weight excluding hydrogens is 253 g/mol. The van der Waals surface area contributed by atoms with Crippen molar-refractivity contribution in [2.75, 3.05) is 13.1 Å². The maximum atomic E-state index is 13.1. The van der Waals surface area contributed by atoms with Gasteiger partial charge in [-0.1, -0.05) is 12.1 Å². The molecule has 0 saturated carbocycles. The van der Waals surface area contributed by atoms with E-state index in [2.05, 4.69) is 28.1 Å². The quantitative estimate of drug-likeness (QED) is 0.927. The van der Waals surface area contributed by atoms with Crippen LogP contribution in [0.25, 0.3) is 0 Å². The maximum absolute atomic E-state index is 13.1. The van der Waals surface area contributed by atoms with E-state index in [1.807, 2.05) is 19.1 Å². The second-order valence-electron chi connectivity index (χ2n) is 5.66. The fraction of sp³-hybridized carbons (Fsp3) is 0.438. The summed E-state index contributed by atoms with van der Waals surface area (Å²) in [6, 6.07) is 9.09. The molecule has 0 amide bonds. The van der Waals surface area contributed by atoms with E-state index in [4.69, 9.17) is 0 Å². The number of aromatic nitrogens is 2. The van der Waals surface area contributed by atoms with Crippen molar-refractivity contribution in [1.29, 1.82) is 0 Å². The summed E-state index contributed by atoms with van der Waals surface area (Å²) in [6.07, 6.45) is 0.945. The van der Waals surface area contributed by atoms with Crippen LogP contribution in [0.15, 0.2) is 30.3 Å². The molecule has 1 aliphatic rings. The third-order valence-electron chi connectivity index (χ3n) is 4.19. The van der Waals surface area contributed by atoms with Crippen molar-refractivity contribution in [3.63, 3.8) is 0 Å². The van der Waals surface area contributed by atoms with Crippen LogP contribution in [0.5, 0.6) is 0 Å². The summed E-state index contributed by atoms with van der Waals surface area (Å²) < 4.78 is 15.2. The average molecular weight is 273 g/mol. The molecular formula is C16H20FN3. The number of hydrogen-bond acceptors (Lipinski definition) is 2. The number of aryl methyl sites for hydroxylation is 2. The van der Waals surface area contributed by atoms with Crippen LogP contribution in [0.2, 0.25) is 0 Å². The predicted octanol–water partition coefficient (Wildman–Crippen LogP) is 2.43. The molecule has 20 heavy (non-hydrogen) atoms. The van der Waals surface area contributed by atoms with E-state index in [-0.39, 0.29) is 11.2 Å². The molecule has 4 heteroatoms. The highest BCUT2D eigenvalue weighted by atomic mass is 19.1. The summed E-state index contributed by atoms with van der Waals surface area (Å²) in [5.74, 6) is -0.175. The molecule has 3 nitrogen and oxygen atoms in total. The van der Waals surface area contributed by atoms with Gasteiger partial charge in [0.05, 0.1) is 5.69 Å². The summed E-state index contributed by atoms with van der Waals surface area (Å²) in [4.78, 5) is 0. The van der Waals surface area contributed by atoms with Crippen LogP contribution in [0.3, 0.4) is 0 Å². The number of nitrogens with zero attached hydrogens (tertiary/aromatic N) is 2. The molecule has 0 aliphatic carbocycles. The monoisotopic (exact) mass is 273 g/mol. The molecule has 1 aromatic carbocycles. The van der Waals surface area contributed by atoms with Gasteiger partial charge in [-0.15, -0.1) is 0 Å². The minimum atomic E-state index is -0.175. The van der Waals surface area contributed by atoms with Gasteiger partial charge in [-0.3, -0.25) is 4.68 Å². The summed E-state index contributed by atoms with van der Waals surface area (Å²) in [6.45, 7) is 6.90. The Morgan fingerprint density at radius 1 is 1.30 bits per heavy atom. The molecule has 1 saturated heterocycles. The lowest BCUT2D eigenvalue weighted by atomic mass is 9.72. The van der Waals surface area contributed by atoms with Gasteiger partial charge in [0.2, 0.25) is 0 Å². The molecule has 1 aliphatic heterocycles. The standard InChI is InChI=1S/C16H20FN3/c1-3-20-15(8-12(2)19-20)9-16(10-18-11-16)13-4-6-14(17)7-5-13/h4-8,18H,3,9-11H2,1-2H3. The van der Waals surface area contributed by atoms with Crippen molar-refractivity contribution in [2.45, 2.75) is 32.2 Å². The molecule has 106 valence electrons. The van der Waals surface area contributed by atoms with E-state index in [1.54, 1.807) is 12.1 Å². The van der Waals surface area contributed by atoms with E-state index in [1.165, 1.54) is 11.3 Å². The van der Waals surface area contributed by atoms with Crippen molar-refractivity contribution in [3.05, 3.63) is 53.1 Å². The maximum Gasteiger partial charge on any atom is 0.123 e. The van der Waals surface area contributed by atoms with E-state index in [0.717, 1.165) is 31.7 Å². The highest BCUT2D eigenvalue weighted by molar-refractivity contribution is 5.32. The molecule has 1 aromatic heterocycles. The molecule has 1 N–H and O–H groups in total. The van der Waals surface area contributed by atoms with Crippen LogP contribution in [0.4, 0.5) is 4.39 Å². The second-order valence-corrected chi connectivity index (χ2v) is 5.66. The summed E-state index contributed by atoms with van der Waals surface area (Å²) in [5.41, 5.74) is 3.60. The normalized spacial score (nSPS) is 16.9. The lowest BCUT2D eigenvalue weighted by molar-refractivity contribution is 0.268. The number of halogens is 1. The Bertz CT molecular complexity index is 597. The van der Waals surface area contributed by atoms with Gasteiger partial charge in [-0.2, -0.15) is 5.10 Å². The summed E-state index contributed by atoms with van der Waals surface area (Å²) in [7, 11) is 0. The van der Waals surface area contributed by atoms with Crippen LogP contribution in [-0.4, -0.2) is 22.9 Å². The van der Waals surface area contributed by atoms with Crippen molar-refractivity contribution < 1.29 is 4.39 Å². The first kappa shape index (κ1) is 13.3. The topological polar surface area (TPSA) is 29.9 Å². The van der Waals surface area contributed by atoms with Gasteiger partial charge in [-0.05, 0) is 37.6 Å². The van der Waals surface area contributed by atoms with Gasteiger partial charge in [0, 0.05) is 37.2 Å². The highest BCUT2D eigenvalue weighted by Crippen LogP contribution is 2.32. The zero-order chi connectivity index (χ0) is 14.2. The molecule has 0 unspecified atom stereocenters. The fourth-order valence-electron chi connectivity index (χ4n) is 3.02. The van der Waals surface area contributed by atoms with Crippen molar-refractivity contribution in [3.8, 4) is 0 Å². The van der Waals surface area contributed by atoms with Gasteiger partial charge < -0.3 is 5.32 Å². The minimum absolute atomic E-state index is 0.0765. The van der Waals surface area contributed by atoms with Gasteiger partial charge in [0.25, 0.3) is 0 Å². The average Bonchev–Trinajstić information content (AvgIpc) is 2.75. The van der Waals surface area contributed by atoms with Crippen LogP contribution < -0.4 is 5.32 Å². The Labute approximate surface area is 118 Å². The van der Waals surface area contributed by atoms with Crippen LogP contribution in [-0.2, 0) is 18.4 Å². The summed E-state index contributed by atoms with van der Waals surface area (Å²) >= 11 is 0. The van der Waals surface area contributed by atoms with Crippen molar-refractivity contribution >= 4 is 0 Å². The number of hydrogen-bond donors (Lipinski definition) is 1. The molecule has 1 fully saturated rings. The Morgan fingerprint density at radius 2 is 2.00 bits per heavy atom. The minimum Gasteiger partial charge on any atom is -0.315 e. The van der Waals surface area contributed by atoms with Gasteiger partial charge in [0.1, 0.15) is 5.82 Å². The van der Waals surface area contributed by atoms with Crippen LogP contribution in [0, 0.1) is 12.7 Å². The fourth-order valence-corrected chi connectivity index (χ4v) is 3.02. The molecule has 0 spiro atoms. The Hall–Kier alpha value is -1.68. The van der Waals surface area contributed by atoms with Crippen molar-refractivity contribution in [1.82, 2.24) is 15.1 Å². The molecule has 0 radical (unpaired) electrons. The van der Waals surface area contributed by atoms with Gasteiger partial charge >= 0.3 is 0 Å². The number of nitrogens with one attached hydrogen (secondary N) is 1. The van der Waals surface area contributed by atoms with E-state index in [9.17, 15) is 4.39 Å². The third-order valence-corrected chi connectivity index (χ3v) is 4.19. The van der Waals surface area contributed by atoms with Gasteiger partial charge in [0.15, 0.2) is 0 Å². The van der Waals surface area contributed by atoms with E-state index < -0.39 is 0 Å². The molecule has 0 bridgehead atoms. The SMILES string of the molecule is CCn1nc(C)cc1CC1(c2ccc(F)cc2)CNC1. The largest absolute Gasteiger partial charge is 0.315 e. The zero-order valence-corrected chi connectivity index (χ0v) is 12.0. The lowest BCUT2D eigenvalue weighted by Gasteiger charge is -2.43. The van der Waals surface area contributed by atoms with Crippen LogP contribution >= 0.6 is 0 Å². The predicted molar refractivity (Wildman–Crippen MR) is 77.3 cm³/mol. The molecule has 3 rings (SSSR count). The number of benzene rings is 1. The smallest absolute Gasteiger partial charge is 0.123 e. The second kappa shape index (κ2) is 5.02. The molecule has 0 atom stereocenters. The number of rotatable bonds is 4. The Morgan fingerprint density at radius 3 is 2.55 bits per heavy atom. The lowest BCUT2D eigenvalue weighted by Crippen LogP contribution is -2.58. The first-order valence-electron chi connectivity index (χ1n) is 7.13. The Kier molecular flexibility index (Phi) is 3.34. The first-order valence-corrected chi connectivity index (χ1v) is 7.13.